The number of anilines is 1. The second-order valence-corrected chi connectivity index (χ2v) is 6.99. The minimum Gasteiger partial charge on any atom is -0.497 e. The van der Waals surface area contributed by atoms with Crippen LogP contribution >= 0.6 is 0 Å². The number of methoxy groups -OCH3 is 1. The number of carbonyl (C=O) groups is 1. The fraction of sp³-hybridized carbons (Fsp3) is 0.167. The molecule has 3 aromatic carbocycles. The van der Waals surface area contributed by atoms with E-state index >= 15 is 0 Å². The lowest BCUT2D eigenvalue weighted by molar-refractivity contribution is -0.116. The number of aromatic nitrogens is 2. The van der Waals surface area contributed by atoms with Crippen molar-refractivity contribution < 1.29 is 14.3 Å². The van der Waals surface area contributed by atoms with Crippen molar-refractivity contribution in [3.63, 3.8) is 0 Å². The topological polar surface area (TPSA) is 65.4 Å². The quantitative estimate of drug-likeness (QED) is 0.493. The molecular weight excluding hydrogens is 378 g/mol. The van der Waals surface area contributed by atoms with Gasteiger partial charge in [-0.15, -0.1) is 0 Å². The van der Waals surface area contributed by atoms with E-state index < -0.39 is 0 Å². The maximum absolute atomic E-state index is 12.8. The summed E-state index contributed by atoms with van der Waals surface area (Å²) in [5.41, 5.74) is 3.52. The normalized spacial score (nSPS) is 10.7. The molecule has 6 heteroatoms. The van der Waals surface area contributed by atoms with Crippen LogP contribution < -0.4 is 14.8 Å². The van der Waals surface area contributed by atoms with Gasteiger partial charge in [0.25, 0.3) is 0 Å². The van der Waals surface area contributed by atoms with Gasteiger partial charge in [0.2, 0.25) is 5.91 Å². The number of fused-ring (bicyclic) bond motifs is 1. The van der Waals surface area contributed by atoms with E-state index in [0.29, 0.717) is 17.3 Å². The highest BCUT2D eigenvalue weighted by atomic mass is 16.5. The van der Waals surface area contributed by atoms with Crippen molar-refractivity contribution in [2.75, 3.05) is 12.4 Å². The molecule has 0 spiro atoms. The van der Waals surface area contributed by atoms with Gasteiger partial charge in [-0.05, 0) is 48.9 Å². The Bertz CT molecular complexity index is 1180. The molecule has 0 radical (unpaired) electrons. The smallest absolute Gasteiger partial charge is 0.244 e. The lowest BCUT2D eigenvalue weighted by atomic mass is 10.2. The minimum absolute atomic E-state index is 0.129. The Morgan fingerprint density at radius 1 is 1.00 bits per heavy atom. The number of nitrogens with one attached hydrogen (secondary N) is 1. The molecular formula is C24H23N3O3. The maximum atomic E-state index is 12.8. The van der Waals surface area contributed by atoms with Crippen LogP contribution in [0.25, 0.3) is 11.0 Å². The van der Waals surface area contributed by atoms with Gasteiger partial charge in [-0.2, -0.15) is 0 Å². The van der Waals surface area contributed by atoms with Crippen molar-refractivity contribution >= 4 is 22.6 Å². The van der Waals surface area contributed by atoms with Gasteiger partial charge in [0.1, 0.15) is 30.5 Å². The van der Waals surface area contributed by atoms with Crippen molar-refractivity contribution in [1.29, 1.82) is 0 Å². The number of carbonyl (C=O) groups excluding carboxylic acids is 1. The molecule has 4 rings (SSSR count). The van der Waals surface area contributed by atoms with Crippen LogP contribution in [-0.4, -0.2) is 22.6 Å². The maximum Gasteiger partial charge on any atom is 0.244 e. The number of para-hydroxylation sites is 2. The number of amides is 1. The number of benzene rings is 3. The number of hydrogen-bond donors (Lipinski definition) is 1. The predicted molar refractivity (Wildman–Crippen MR) is 117 cm³/mol. The fourth-order valence-electron chi connectivity index (χ4n) is 3.31. The van der Waals surface area contributed by atoms with Crippen molar-refractivity contribution in [2.45, 2.75) is 20.1 Å². The van der Waals surface area contributed by atoms with Crippen LogP contribution in [0.15, 0.2) is 72.8 Å². The molecule has 1 N–H and O–H groups in total. The minimum atomic E-state index is -0.150. The van der Waals surface area contributed by atoms with Gasteiger partial charge in [0.15, 0.2) is 0 Å². The first-order chi connectivity index (χ1) is 14.6. The van der Waals surface area contributed by atoms with Crippen LogP contribution in [0.4, 0.5) is 5.69 Å². The van der Waals surface area contributed by atoms with Crippen molar-refractivity contribution in [3.8, 4) is 11.5 Å². The van der Waals surface area contributed by atoms with Gasteiger partial charge in [0, 0.05) is 11.8 Å². The Kier molecular flexibility index (Phi) is 5.66. The highest BCUT2D eigenvalue weighted by Crippen LogP contribution is 2.20. The molecule has 0 atom stereocenters. The van der Waals surface area contributed by atoms with E-state index in [1.54, 1.807) is 13.2 Å². The lowest BCUT2D eigenvalue weighted by Gasteiger charge is -2.12. The zero-order valence-corrected chi connectivity index (χ0v) is 17.0. The number of hydrogen-bond acceptors (Lipinski definition) is 4. The molecule has 0 saturated carbocycles. The first-order valence-electron chi connectivity index (χ1n) is 9.70. The first kappa shape index (κ1) is 19.5. The molecule has 4 aromatic rings. The third-order valence-electron chi connectivity index (χ3n) is 4.75. The van der Waals surface area contributed by atoms with Crippen LogP contribution in [0, 0.1) is 6.92 Å². The summed E-state index contributed by atoms with van der Waals surface area (Å²) in [6, 6.07) is 22.9. The summed E-state index contributed by atoms with van der Waals surface area (Å²) in [6.07, 6.45) is 0. The van der Waals surface area contributed by atoms with Crippen LogP contribution in [-0.2, 0) is 17.9 Å². The average Bonchev–Trinajstić information content (AvgIpc) is 3.10. The van der Waals surface area contributed by atoms with E-state index in [9.17, 15) is 4.79 Å². The largest absolute Gasteiger partial charge is 0.497 e. The number of nitrogens with zero attached hydrogens (tertiary/aromatic N) is 2. The molecule has 152 valence electrons. The molecule has 0 aliphatic carbocycles. The van der Waals surface area contributed by atoms with Gasteiger partial charge in [-0.3, -0.25) is 4.79 Å². The monoisotopic (exact) mass is 401 g/mol. The zero-order chi connectivity index (χ0) is 20.9. The van der Waals surface area contributed by atoms with E-state index in [1.165, 1.54) is 0 Å². The molecule has 0 aliphatic heterocycles. The fourth-order valence-corrected chi connectivity index (χ4v) is 3.31. The van der Waals surface area contributed by atoms with Crippen molar-refractivity contribution in [1.82, 2.24) is 9.55 Å². The molecule has 0 aliphatic rings. The second-order valence-electron chi connectivity index (χ2n) is 6.99. The zero-order valence-electron chi connectivity index (χ0n) is 17.0. The Hall–Kier alpha value is -3.80. The molecule has 0 saturated heterocycles. The summed E-state index contributed by atoms with van der Waals surface area (Å²) in [5.74, 6) is 2.00. The molecule has 30 heavy (non-hydrogen) atoms. The van der Waals surface area contributed by atoms with E-state index in [4.69, 9.17) is 9.47 Å². The van der Waals surface area contributed by atoms with E-state index in [-0.39, 0.29) is 19.1 Å². The van der Waals surface area contributed by atoms with Crippen molar-refractivity contribution in [3.05, 3.63) is 84.2 Å². The Morgan fingerprint density at radius 2 is 1.80 bits per heavy atom. The summed E-state index contributed by atoms with van der Waals surface area (Å²) >= 11 is 0. The lowest BCUT2D eigenvalue weighted by Crippen LogP contribution is -2.20. The number of aryl methyl sites for hydroxylation is 1. The van der Waals surface area contributed by atoms with E-state index in [0.717, 1.165) is 22.3 Å². The summed E-state index contributed by atoms with van der Waals surface area (Å²) < 4.78 is 13.0. The van der Waals surface area contributed by atoms with E-state index in [1.807, 2.05) is 78.2 Å². The second kappa shape index (κ2) is 8.69. The highest BCUT2D eigenvalue weighted by molar-refractivity contribution is 5.92. The van der Waals surface area contributed by atoms with Crippen molar-refractivity contribution in [2.24, 2.45) is 0 Å². The molecule has 1 amide bonds. The predicted octanol–water partition coefficient (Wildman–Crippen LogP) is 4.57. The average molecular weight is 401 g/mol. The van der Waals surface area contributed by atoms with Gasteiger partial charge < -0.3 is 19.4 Å². The Balaban J connectivity index is 1.55. The molecule has 0 unspecified atom stereocenters. The molecule has 1 aromatic heterocycles. The summed E-state index contributed by atoms with van der Waals surface area (Å²) in [6.45, 7) is 2.42. The van der Waals surface area contributed by atoms with Gasteiger partial charge in [-0.25, -0.2) is 4.98 Å². The van der Waals surface area contributed by atoms with Crippen LogP contribution in [0.1, 0.15) is 11.4 Å². The Morgan fingerprint density at radius 3 is 2.63 bits per heavy atom. The summed E-state index contributed by atoms with van der Waals surface area (Å²) in [5, 5.41) is 2.92. The molecule has 0 fully saturated rings. The van der Waals surface area contributed by atoms with E-state index in [2.05, 4.69) is 10.3 Å². The third kappa shape index (κ3) is 4.43. The third-order valence-corrected chi connectivity index (χ3v) is 4.75. The number of imidazole rings is 1. The van der Waals surface area contributed by atoms with Gasteiger partial charge in [-0.1, -0.05) is 30.3 Å². The van der Waals surface area contributed by atoms with Crippen LogP contribution in [0.3, 0.4) is 0 Å². The SMILES string of the molecule is COc1cccc(NC(=O)Cn2c(COc3cccc(C)c3)nc3ccccc32)c1. The summed E-state index contributed by atoms with van der Waals surface area (Å²) in [4.78, 5) is 17.4. The van der Waals surface area contributed by atoms with Crippen LogP contribution in [0.5, 0.6) is 11.5 Å². The number of rotatable bonds is 7. The molecule has 0 bridgehead atoms. The van der Waals surface area contributed by atoms with Gasteiger partial charge in [0.05, 0.1) is 18.1 Å². The first-order valence-corrected chi connectivity index (χ1v) is 9.70. The van der Waals surface area contributed by atoms with Crippen LogP contribution in [0.2, 0.25) is 0 Å². The Labute approximate surface area is 175 Å². The summed E-state index contributed by atoms with van der Waals surface area (Å²) in [7, 11) is 1.60. The molecule has 1 heterocycles. The molecule has 6 nitrogen and oxygen atoms in total. The van der Waals surface area contributed by atoms with Gasteiger partial charge >= 0.3 is 0 Å². The highest BCUT2D eigenvalue weighted by Gasteiger charge is 2.14. The standard InChI is InChI=1S/C24H23N3O3/c1-17-7-5-10-20(13-17)30-16-23-26-21-11-3-4-12-22(21)27(23)15-24(28)25-18-8-6-9-19(14-18)29-2/h3-14H,15-16H2,1-2H3,(H,25,28). The number of ether oxygens (including phenoxy) is 2.